The molecule has 0 radical (unpaired) electrons. The molecule has 0 aromatic heterocycles. The lowest BCUT2D eigenvalue weighted by Crippen LogP contribution is -2.77. The Hall–Kier alpha value is -1.40. The van der Waals surface area contributed by atoms with E-state index in [2.05, 4.69) is 24.3 Å². The molecule has 1 aromatic rings. The van der Waals surface area contributed by atoms with Crippen LogP contribution in [0, 0.1) is 0 Å². The van der Waals surface area contributed by atoms with E-state index in [1.54, 1.807) is 0 Å². The summed E-state index contributed by atoms with van der Waals surface area (Å²) in [6.45, 7) is 0. The van der Waals surface area contributed by atoms with Crippen molar-refractivity contribution in [2.75, 3.05) is 5.73 Å². The highest BCUT2D eigenvalue weighted by atomic mass is 16.6. The van der Waals surface area contributed by atoms with Crippen LogP contribution in [-0.2, 0) is 11.2 Å². The SMILES string of the molecule is Nc1ccc2c(c1)C[C@@]13CC[C@]4(N)[C@@H](N)CC[C@@]4(N)[C@]1(C=C2)O3. The molecule has 5 atom stereocenters. The van der Waals surface area contributed by atoms with Crippen molar-refractivity contribution >= 4 is 11.8 Å². The first kappa shape index (κ1) is 14.0. The molecule has 3 fully saturated rings. The van der Waals surface area contributed by atoms with Gasteiger partial charge in [-0.25, -0.2) is 0 Å². The van der Waals surface area contributed by atoms with Gasteiger partial charge >= 0.3 is 0 Å². The lowest BCUT2D eigenvalue weighted by Gasteiger charge is -2.50. The van der Waals surface area contributed by atoms with E-state index >= 15 is 0 Å². The van der Waals surface area contributed by atoms with Gasteiger partial charge in [0.05, 0.1) is 11.1 Å². The maximum absolute atomic E-state index is 6.94. The summed E-state index contributed by atoms with van der Waals surface area (Å²) in [5.41, 5.74) is 27.4. The van der Waals surface area contributed by atoms with E-state index in [1.165, 1.54) is 11.1 Å². The summed E-state index contributed by atoms with van der Waals surface area (Å²) in [6, 6.07) is 6.01. The largest absolute Gasteiger partial charge is 0.399 e. The van der Waals surface area contributed by atoms with Gasteiger partial charge in [-0.2, -0.15) is 0 Å². The predicted octanol–water partition coefficient (Wildman–Crippen LogP) is 0.656. The summed E-state index contributed by atoms with van der Waals surface area (Å²) in [4.78, 5) is 0. The molecule has 5 heteroatoms. The van der Waals surface area contributed by atoms with E-state index < -0.39 is 16.7 Å². The molecule has 122 valence electrons. The summed E-state index contributed by atoms with van der Waals surface area (Å²) in [5.74, 6) is 0. The molecule has 1 heterocycles. The minimum Gasteiger partial charge on any atom is -0.399 e. The number of ether oxygens (including phenoxy) is 1. The van der Waals surface area contributed by atoms with E-state index in [9.17, 15) is 0 Å². The van der Waals surface area contributed by atoms with E-state index in [0.717, 1.165) is 37.8 Å². The molecule has 0 spiro atoms. The van der Waals surface area contributed by atoms with Gasteiger partial charge < -0.3 is 27.7 Å². The first-order valence-corrected chi connectivity index (χ1v) is 8.47. The van der Waals surface area contributed by atoms with Gasteiger partial charge in [0.25, 0.3) is 0 Å². The van der Waals surface area contributed by atoms with Crippen molar-refractivity contribution in [2.45, 2.75) is 60.4 Å². The second kappa shape index (κ2) is 3.81. The van der Waals surface area contributed by atoms with Gasteiger partial charge in [0, 0.05) is 18.2 Å². The average Bonchev–Trinajstić information content (AvgIpc) is 3.13. The predicted molar refractivity (Wildman–Crippen MR) is 90.4 cm³/mol. The summed E-state index contributed by atoms with van der Waals surface area (Å²) in [7, 11) is 0. The fourth-order valence-corrected chi connectivity index (χ4v) is 5.62. The van der Waals surface area contributed by atoms with Crippen molar-refractivity contribution in [1.29, 1.82) is 0 Å². The first-order chi connectivity index (χ1) is 10.9. The average molecular weight is 312 g/mol. The molecule has 5 rings (SSSR count). The monoisotopic (exact) mass is 312 g/mol. The Morgan fingerprint density at radius 2 is 1.96 bits per heavy atom. The van der Waals surface area contributed by atoms with Gasteiger partial charge in [-0.15, -0.1) is 0 Å². The molecule has 2 saturated carbocycles. The molecule has 0 unspecified atom stereocenters. The van der Waals surface area contributed by atoms with Crippen LogP contribution < -0.4 is 22.9 Å². The maximum atomic E-state index is 6.94. The van der Waals surface area contributed by atoms with Gasteiger partial charge in [-0.1, -0.05) is 12.1 Å². The minimum absolute atomic E-state index is 0.0567. The summed E-state index contributed by atoms with van der Waals surface area (Å²) in [5, 5.41) is 0. The number of fused-ring (bicyclic) bond motifs is 2. The van der Waals surface area contributed by atoms with Crippen molar-refractivity contribution < 1.29 is 4.74 Å². The molecule has 1 aliphatic heterocycles. The zero-order valence-corrected chi connectivity index (χ0v) is 13.2. The molecule has 8 N–H and O–H groups in total. The molecule has 5 nitrogen and oxygen atoms in total. The standard InChI is InChI=1S/C18H24N4O/c19-13-2-1-11-3-6-18-15(23-18,10-12(11)9-13)7-8-16(21)14(20)4-5-17(16,18)22/h1-3,6,9,14H,4-5,7-8,10,19-22H2/t14-,15-,16-,17-,18+/m0/s1. The molecule has 0 amide bonds. The van der Waals surface area contributed by atoms with E-state index in [4.69, 9.17) is 27.7 Å². The lowest BCUT2D eigenvalue weighted by atomic mass is 9.58. The highest BCUT2D eigenvalue weighted by Gasteiger charge is 2.84. The number of epoxide rings is 1. The minimum atomic E-state index is -0.595. The first-order valence-electron chi connectivity index (χ1n) is 8.47. The summed E-state index contributed by atoms with van der Waals surface area (Å²) >= 11 is 0. The Morgan fingerprint density at radius 1 is 1.13 bits per heavy atom. The number of nitrogen functional groups attached to an aromatic ring is 1. The van der Waals surface area contributed by atoms with Gasteiger partial charge in [0.1, 0.15) is 11.2 Å². The zero-order valence-electron chi connectivity index (χ0n) is 13.2. The third kappa shape index (κ3) is 1.35. The Bertz CT molecular complexity index is 749. The fourth-order valence-electron chi connectivity index (χ4n) is 5.62. The molecule has 4 aliphatic rings. The molecular formula is C18H24N4O. The normalized spacial score (nSPS) is 49.6. The number of anilines is 1. The summed E-state index contributed by atoms with van der Waals surface area (Å²) in [6.07, 6.45) is 8.52. The zero-order chi connectivity index (χ0) is 16.1. The third-order valence-corrected chi connectivity index (χ3v) is 7.08. The molecular weight excluding hydrogens is 288 g/mol. The van der Waals surface area contributed by atoms with Crippen molar-refractivity contribution in [1.82, 2.24) is 0 Å². The van der Waals surface area contributed by atoms with Crippen LogP contribution in [0.1, 0.15) is 36.8 Å². The van der Waals surface area contributed by atoms with Crippen molar-refractivity contribution in [2.24, 2.45) is 17.2 Å². The Labute approximate surface area is 136 Å². The van der Waals surface area contributed by atoms with Crippen molar-refractivity contribution in [3.05, 3.63) is 35.4 Å². The second-order valence-electron chi connectivity index (χ2n) is 7.96. The van der Waals surface area contributed by atoms with Gasteiger partial charge in [0.2, 0.25) is 0 Å². The fraction of sp³-hybridized carbons (Fsp3) is 0.556. The molecule has 1 saturated heterocycles. The van der Waals surface area contributed by atoms with Crippen LogP contribution in [0.4, 0.5) is 5.69 Å². The number of hydrogen-bond acceptors (Lipinski definition) is 5. The van der Waals surface area contributed by atoms with Crippen LogP contribution in [0.2, 0.25) is 0 Å². The molecule has 23 heavy (non-hydrogen) atoms. The number of nitrogens with two attached hydrogens (primary N) is 4. The van der Waals surface area contributed by atoms with E-state index in [1.807, 2.05) is 6.07 Å². The van der Waals surface area contributed by atoms with Crippen LogP contribution in [0.3, 0.4) is 0 Å². The van der Waals surface area contributed by atoms with E-state index in [-0.39, 0.29) is 11.6 Å². The Balaban J connectivity index is 1.66. The number of benzene rings is 1. The Kier molecular flexibility index (Phi) is 2.31. The van der Waals surface area contributed by atoms with Gasteiger partial charge in [0.15, 0.2) is 0 Å². The van der Waals surface area contributed by atoms with Crippen LogP contribution >= 0.6 is 0 Å². The van der Waals surface area contributed by atoms with Crippen LogP contribution in [0.25, 0.3) is 6.08 Å². The maximum Gasteiger partial charge on any atom is 0.136 e. The topological polar surface area (TPSA) is 117 Å². The third-order valence-electron chi connectivity index (χ3n) is 7.08. The molecule has 0 bridgehead atoms. The molecule has 1 aromatic carbocycles. The highest BCUT2D eigenvalue weighted by Crippen LogP contribution is 2.69. The smallest absolute Gasteiger partial charge is 0.136 e. The van der Waals surface area contributed by atoms with Crippen LogP contribution in [0.5, 0.6) is 0 Å². The van der Waals surface area contributed by atoms with Crippen LogP contribution in [0.15, 0.2) is 24.3 Å². The number of rotatable bonds is 0. The van der Waals surface area contributed by atoms with Crippen molar-refractivity contribution in [3.63, 3.8) is 0 Å². The van der Waals surface area contributed by atoms with Crippen LogP contribution in [-0.4, -0.2) is 28.3 Å². The summed E-state index contributed by atoms with van der Waals surface area (Å²) < 4.78 is 6.43. The van der Waals surface area contributed by atoms with Gasteiger partial charge in [-0.3, -0.25) is 0 Å². The quantitative estimate of drug-likeness (QED) is 0.415. The Morgan fingerprint density at radius 3 is 2.78 bits per heavy atom. The van der Waals surface area contributed by atoms with Gasteiger partial charge in [-0.05, 0) is 55.0 Å². The second-order valence-corrected chi connectivity index (χ2v) is 7.96. The lowest BCUT2D eigenvalue weighted by molar-refractivity contribution is 0.130. The molecule has 3 aliphatic carbocycles. The van der Waals surface area contributed by atoms with Crippen molar-refractivity contribution in [3.8, 4) is 0 Å². The van der Waals surface area contributed by atoms with E-state index in [0.29, 0.717) is 0 Å². The number of hydrogen-bond donors (Lipinski definition) is 4. The highest BCUT2D eigenvalue weighted by molar-refractivity contribution is 5.65.